The van der Waals surface area contributed by atoms with Crippen molar-refractivity contribution in [3.63, 3.8) is 0 Å². The monoisotopic (exact) mass is 280 g/mol. The molecule has 2 rings (SSSR count). The van der Waals surface area contributed by atoms with E-state index in [1.807, 2.05) is 36.2 Å². The van der Waals surface area contributed by atoms with Gasteiger partial charge in [-0.05, 0) is 12.1 Å². The molecule has 1 saturated heterocycles. The minimum Gasteiger partial charge on any atom is -0.469 e. The molecule has 0 amide bonds. The maximum atomic E-state index is 11.4. The van der Waals surface area contributed by atoms with Gasteiger partial charge in [-0.2, -0.15) is 11.8 Å². The van der Waals surface area contributed by atoms with Gasteiger partial charge in [0.15, 0.2) is 0 Å². The number of nitrogens with zero attached hydrogens (tertiary/aromatic N) is 2. The zero-order valence-corrected chi connectivity index (χ0v) is 12.1. The highest BCUT2D eigenvalue weighted by molar-refractivity contribution is 7.99. The van der Waals surface area contributed by atoms with E-state index < -0.39 is 0 Å². The SMILES string of the molecule is COC(=O)C[C@@H]1CSCCN1CCc1ccccn1. The molecule has 104 valence electrons. The van der Waals surface area contributed by atoms with E-state index in [0.717, 1.165) is 36.7 Å². The molecular formula is C14H20N2O2S. The molecular weight excluding hydrogens is 260 g/mol. The van der Waals surface area contributed by atoms with Crippen LogP contribution in [0.4, 0.5) is 0 Å². The van der Waals surface area contributed by atoms with Gasteiger partial charge in [0.25, 0.3) is 0 Å². The van der Waals surface area contributed by atoms with Crippen molar-refractivity contribution in [2.75, 3.05) is 31.7 Å². The second-order valence-corrected chi connectivity index (χ2v) is 5.77. The molecule has 1 aliphatic heterocycles. The summed E-state index contributed by atoms with van der Waals surface area (Å²) in [5.41, 5.74) is 1.11. The number of ether oxygens (including phenoxy) is 1. The van der Waals surface area contributed by atoms with Gasteiger partial charge >= 0.3 is 5.97 Å². The van der Waals surface area contributed by atoms with E-state index in [0.29, 0.717) is 12.5 Å². The molecule has 19 heavy (non-hydrogen) atoms. The Hall–Kier alpha value is -1.07. The van der Waals surface area contributed by atoms with Gasteiger partial charge in [-0.25, -0.2) is 0 Å². The molecule has 0 aromatic carbocycles. The highest BCUT2D eigenvalue weighted by Crippen LogP contribution is 2.19. The first kappa shape index (κ1) is 14.3. The first-order valence-corrected chi connectivity index (χ1v) is 7.73. The van der Waals surface area contributed by atoms with Crippen LogP contribution in [0, 0.1) is 0 Å². The average Bonchev–Trinajstić information content (AvgIpc) is 2.47. The molecule has 0 aliphatic carbocycles. The van der Waals surface area contributed by atoms with Gasteiger partial charge in [-0.3, -0.25) is 14.7 Å². The summed E-state index contributed by atoms with van der Waals surface area (Å²) < 4.78 is 4.78. The fourth-order valence-electron chi connectivity index (χ4n) is 2.25. The van der Waals surface area contributed by atoms with E-state index in [4.69, 9.17) is 4.74 Å². The smallest absolute Gasteiger partial charge is 0.307 e. The van der Waals surface area contributed by atoms with E-state index in [2.05, 4.69) is 9.88 Å². The van der Waals surface area contributed by atoms with Crippen molar-refractivity contribution in [2.45, 2.75) is 18.9 Å². The van der Waals surface area contributed by atoms with E-state index in [1.54, 1.807) is 0 Å². The molecule has 4 nitrogen and oxygen atoms in total. The number of carbonyl (C=O) groups excluding carboxylic acids is 1. The van der Waals surface area contributed by atoms with Crippen LogP contribution in [0.3, 0.4) is 0 Å². The van der Waals surface area contributed by atoms with Crippen molar-refractivity contribution >= 4 is 17.7 Å². The van der Waals surface area contributed by atoms with Crippen molar-refractivity contribution in [2.24, 2.45) is 0 Å². The zero-order valence-electron chi connectivity index (χ0n) is 11.2. The quantitative estimate of drug-likeness (QED) is 0.767. The van der Waals surface area contributed by atoms with Crippen LogP contribution in [0.2, 0.25) is 0 Å². The summed E-state index contributed by atoms with van der Waals surface area (Å²) in [6, 6.07) is 6.30. The molecule has 1 fully saturated rings. The lowest BCUT2D eigenvalue weighted by Gasteiger charge is -2.34. The van der Waals surface area contributed by atoms with E-state index in [1.165, 1.54) is 7.11 Å². The lowest BCUT2D eigenvalue weighted by molar-refractivity contribution is -0.141. The van der Waals surface area contributed by atoms with Gasteiger partial charge in [-0.1, -0.05) is 6.07 Å². The fraction of sp³-hybridized carbons (Fsp3) is 0.571. The van der Waals surface area contributed by atoms with Gasteiger partial charge in [-0.15, -0.1) is 0 Å². The molecule has 1 aromatic rings. The molecule has 1 aliphatic rings. The summed E-state index contributed by atoms with van der Waals surface area (Å²) in [5, 5.41) is 0. The van der Waals surface area contributed by atoms with Gasteiger partial charge in [0.1, 0.15) is 0 Å². The summed E-state index contributed by atoms with van der Waals surface area (Å²) in [6.45, 7) is 2.00. The van der Waals surface area contributed by atoms with Crippen molar-refractivity contribution in [3.8, 4) is 0 Å². The Balaban J connectivity index is 1.87. The number of carbonyl (C=O) groups is 1. The topological polar surface area (TPSA) is 42.4 Å². The molecule has 1 atom stereocenters. The lowest BCUT2D eigenvalue weighted by Crippen LogP contribution is -2.44. The Morgan fingerprint density at radius 1 is 1.58 bits per heavy atom. The molecule has 0 spiro atoms. The Labute approximate surface area is 118 Å². The summed E-state index contributed by atoms with van der Waals surface area (Å²) >= 11 is 1.92. The maximum Gasteiger partial charge on any atom is 0.307 e. The molecule has 0 bridgehead atoms. The van der Waals surface area contributed by atoms with Crippen LogP contribution in [0.25, 0.3) is 0 Å². The molecule has 0 saturated carbocycles. The number of pyridine rings is 1. The van der Waals surface area contributed by atoms with E-state index in [9.17, 15) is 4.79 Å². The number of methoxy groups -OCH3 is 1. The number of aromatic nitrogens is 1. The second-order valence-electron chi connectivity index (χ2n) is 4.62. The van der Waals surface area contributed by atoms with Gasteiger partial charge in [0.05, 0.1) is 13.5 Å². The van der Waals surface area contributed by atoms with Gasteiger partial charge < -0.3 is 4.74 Å². The van der Waals surface area contributed by atoms with E-state index in [-0.39, 0.29) is 5.97 Å². The van der Waals surface area contributed by atoms with Crippen LogP contribution in [0.5, 0.6) is 0 Å². The molecule has 2 heterocycles. The Morgan fingerprint density at radius 2 is 2.47 bits per heavy atom. The summed E-state index contributed by atoms with van der Waals surface area (Å²) in [4.78, 5) is 18.2. The minimum absolute atomic E-state index is 0.115. The van der Waals surface area contributed by atoms with Crippen molar-refractivity contribution < 1.29 is 9.53 Å². The number of hydrogen-bond acceptors (Lipinski definition) is 5. The predicted molar refractivity (Wildman–Crippen MR) is 77.3 cm³/mol. The predicted octanol–water partition coefficient (Wildman–Crippen LogP) is 1.60. The van der Waals surface area contributed by atoms with Gasteiger partial charge in [0.2, 0.25) is 0 Å². The number of rotatable bonds is 5. The average molecular weight is 280 g/mol. The standard InChI is InChI=1S/C14H20N2O2S/c1-18-14(17)10-13-11-19-9-8-16(13)7-5-12-4-2-3-6-15-12/h2-4,6,13H,5,7-11H2,1H3/t13-/m1/s1. The Bertz CT molecular complexity index is 400. The molecule has 0 radical (unpaired) electrons. The highest BCUT2D eigenvalue weighted by atomic mass is 32.2. The van der Waals surface area contributed by atoms with Gasteiger partial charge in [0, 0.05) is 48.9 Å². The molecule has 0 N–H and O–H groups in total. The Kier molecular flexibility index (Phi) is 5.66. The second kappa shape index (κ2) is 7.50. The third kappa shape index (κ3) is 4.51. The number of esters is 1. The summed E-state index contributed by atoms with van der Waals surface area (Å²) in [7, 11) is 1.45. The minimum atomic E-state index is -0.115. The van der Waals surface area contributed by atoms with Crippen molar-refractivity contribution in [1.82, 2.24) is 9.88 Å². The zero-order chi connectivity index (χ0) is 13.5. The van der Waals surface area contributed by atoms with Crippen LogP contribution >= 0.6 is 11.8 Å². The number of hydrogen-bond donors (Lipinski definition) is 0. The number of thioether (sulfide) groups is 1. The van der Waals surface area contributed by atoms with Crippen molar-refractivity contribution in [1.29, 1.82) is 0 Å². The van der Waals surface area contributed by atoms with Crippen LogP contribution in [0.15, 0.2) is 24.4 Å². The first-order chi connectivity index (χ1) is 9.29. The Morgan fingerprint density at radius 3 is 3.21 bits per heavy atom. The van der Waals surface area contributed by atoms with Crippen LogP contribution < -0.4 is 0 Å². The first-order valence-electron chi connectivity index (χ1n) is 6.58. The highest BCUT2D eigenvalue weighted by Gasteiger charge is 2.25. The normalized spacial score (nSPS) is 20.2. The molecule has 0 unspecified atom stereocenters. The third-order valence-corrected chi connectivity index (χ3v) is 4.45. The fourth-order valence-corrected chi connectivity index (χ4v) is 3.38. The lowest BCUT2D eigenvalue weighted by atomic mass is 10.1. The van der Waals surface area contributed by atoms with E-state index >= 15 is 0 Å². The summed E-state index contributed by atoms with van der Waals surface area (Å²) in [6.07, 6.45) is 3.25. The van der Waals surface area contributed by atoms with Crippen molar-refractivity contribution in [3.05, 3.63) is 30.1 Å². The van der Waals surface area contributed by atoms with Crippen LogP contribution in [0.1, 0.15) is 12.1 Å². The maximum absolute atomic E-state index is 11.4. The molecule has 1 aromatic heterocycles. The summed E-state index contributed by atoms with van der Waals surface area (Å²) in [5.74, 6) is 2.03. The molecule has 5 heteroatoms. The largest absolute Gasteiger partial charge is 0.469 e. The third-order valence-electron chi connectivity index (χ3n) is 3.36. The van der Waals surface area contributed by atoms with Crippen LogP contribution in [-0.4, -0.2) is 53.6 Å². The van der Waals surface area contributed by atoms with Crippen LogP contribution in [-0.2, 0) is 16.0 Å².